The molecule has 5 nitrogen and oxygen atoms in total. The van der Waals surface area contributed by atoms with Crippen LogP contribution in [0.3, 0.4) is 0 Å². The summed E-state index contributed by atoms with van der Waals surface area (Å²) in [4.78, 5) is 9.25. The van der Waals surface area contributed by atoms with Gasteiger partial charge in [0, 0.05) is 6.42 Å². The van der Waals surface area contributed by atoms with E-state index in [0.717, 1.165) is 12.1 Å². The van der Waals surface area contributed by atoms with Gasteiger partial charge in [-0.05, 0) is 6.07 Å². The molecule has 1 heterocycles. The molecule has 1 aromatic heterocycles. The van der Waals surface area contributed by atoms with Crippen LogP contribution in [-0.2, 0) is 6.42 Å². The van der Waals surface area contributed by atoms with Crippen molar-refractivity contribution >= 4 is 5.88 Å². The van der Waals surface area contributed by atoms with Crippen LogP contribution in [0.2, 0.25) is 0 Å². The van der Waals surface area contributed by atoms with Crippen LogP contribution < -0.4 is 0 Å². The first-order chi connectivity index (χ1) is 6.80. The Kier molecular flexibility index (Phi) is 2.98. The maximum absolute atomic E-state index is 11.9. The van der Waals surface area contributed by atoms with Gasteiger partial charge in [-0.3, -0.25) is 10.1 Å². The molecular formula is C7H6F3NO4. The molecule has 84 valence electrons. The van der Waals surface area contributed by atoms with Crippen molar-refractivity contribution in [3.8, 4) is 0 Å². The van der Waals surface area contributed by atoms with Crippen LogP contribution in [0, 0.1) is 10.1 Å². The van der Waals surface area contributed by atoms with Gasteiger partial charge in [-0.1, -0.05) is 0 Å². The standard InChI is InChI=1S/C7H6F3NO4/c8-7(9,10)5(12)3-4-1-2-6(15-4)11(13)14/h1-2,5,12H,3H2. The van der Waals surface area contributed by atoms with Crippen molar-refractivity contribution in [2.24, 2.45) is 0 Å². The molecule has 0 saturated heterocycles. The van der Waals surface area contributed by atoms with Crippen molar-refractivity contribution in [1.82, 2.24) is 0 Å². The van der Waals surface area contributed by atoms with Crippen LogP contribution in [0.1, 0.15) is 5.76 Å². The van der Waals surface area contributed by atoms with E-state index in [4.69, 9.17) is 5.11 Å². The fraction of sp³-hybridized carbons (Fsp3) is 0.429. The third-order valence-corrected chi connectivity index (χ3v) is 1.60. The maximum Gasteiger partial charge on any atom is 0.433 e. The first-order valence-corrected chi connectivity index (χ1v) is 3.78. The van der Waals surface area contributed by atoms with Gasteiger partial charge in [0.05, 0.1) is 6.07 Å². The molecule has 0 bridgehead atoms. The Morgan fingerprint density at radius 3 is 2.53 bits per heavy atom. The average Bonchev–Trinajstić information content (AvgIpc) is 2.50. The van der Waals surface area contributed by atoms with Gasteiger partial charge in [0.25, 0.3) is 0 Å². The highest BCUT2D eigenvalue weighted by molar-refractivity contribution is 5.18. The minimum atomic E-state index is -4.76. The first kappa shape index (κ1) is 11.5. The van der Waals surface area contributed by atoms with E-state index in [2.05, 4.69) is 4.42 Å². The van der Waals surface area contributed by atoms with Gasteiger partial charge in [-0.15, -0.1) is 0 Å². The van der Waals surface area contributed by atoms with Gasteiger partial charge < -0.3 is 9.52 Å². The number of alkyl halides is 3. The van der Waals surface area contributed by atoms with E-state index in [1.807, 2.05) is 0 Å². The van der Waals surface area contributed by atoms with Crippen molar-refractivity contribution in [2.45, 2.75) is 18.7 Å². The predicted molar refractivity (Wildman–Crippen MR) is 41.1 cm³/mol. The first-order valence-electron chi connectivity index (χ1n) is 3.78. The summed E-state index contributed by atoms with van der Waals surface area (Å²) >= 11 is 0. The molecule has 0 aromatic carbocycles. The number of hydrogen-bond acceptors (Lipinski definition) is 4. The highest BCUT2D eigenvalue weighted by Crippen LogP contribution is 2.25. The zero-order valence-corrected chi connectivity index (χ0v) is 7.19. The number of aliphatic hydroxyl groups is 1. The summed E-state index contributed by atoms with van der Waals surface area (Å²) in [5.74, 6) is -0.939. The highest BCUT2D eigenvalue weighted by atomic mass is 19.4. The molecule has 8 heteroatoms. The zero-order chi connectivity index (χ0) is 11.6. The number of nitrogens with zero attached hydrogens (tertiary/aromatic N) is 1. The second kappa shape index (κ2) is 3.89. The van der Waals surface area contributed by atoms with Crippen molar-refractivity contribution in [1.29, 1.82) is 0 Å². The monoisotopic (exact) mass is 225 g/mol. The lowest BCUT2D eigenvalue weighted by Crippen LogP contribution is -2.30. The van der Waals surface area contributed by atoms with Crippen LogP contribution in [0.15, 0.2) is 16.5 Å². The number of furan rings is 1. The molecule has 1 rings (SSSR count). The Morgan fingerprint density at radius 2 is 2.13 bits per heavy atom. The molecule has 0 amide bonds. The van der Waals surface area contributed by atoms with Gasteiger partial charge in [0.15, 0.2) is 6.10 Å². The van der Waals surface area contributed by atoms with Crippen LogP contribution in [0.25, 0.3) is 0 Å². The Balaban J connectivity index is 2.69. The van der Waals surface area contributed by atoms with Crippen molar-refractivity contribution in [2.75, 3.05) is 0 Å². The summed E-state index contributed by atoms with van der Waals surface area (Å²) in [6, 6.07) is 1.95. The summed E-state index contributed by atoms with van der Waals surface area (Å²) in [6.07, 6.45) is -8.18. The van der Waals surface area contributed by atoms with Crippen LogP contribution in [0.5, 0.6) is 0 Å². The van der Waals surface area contributed by atoms with Crippen LogP contribution in [0.4, 0.5) is 19.1 Å². The fourth-order valence-corrected chi connectivity index (χ4v) is 0.881. The SMILES string of the molecule is O=[N+]([O-])c1ccc(CC(O)C(F)(F)F)o1. The maximum atomic E-state index is 11.9. The average molecular weight is 225 g/mol. The van der Waals surface area contributed by atoms with E-state index in [1.54, 1.807) is 0 Å². The van der Waals surface area contributed by atoms with Crippen LogP contribution in [-0.4, -0.2) is 22.3 Å². The molecule has 15 heavy (non-hydrogen) atoms. The second-order valence-electron chi connectivity index (χ2n) is 2.76. The lowest BCUT2D eigenvalue weighted by molar-refractivity contribution is -0.402. The molecule has 0 spiro atoms. The number of rotatable bonds is 3. The molecule has 0 fully saturated rings. The molecule has 1 unspecified atom stereocenters. The quantitative estimate of drug-likeness (QED) is 0.626. The van der Waals surface area contributed by atoms with E-state index in [-0.39, 0.29) is 5.76 Å². The van der Waals surface area contributed by atoms with E-state index in [1.165, 1.54) is 0 Å². The third-order valence-electron chi connectivity index (χ3n) is 1.60. The normalized spacial score (nSPS) is 13.9. The number of halogens is 3. The summed E-state index contributed by atoms with van der Waals surface area (Å²) < 4.78 is 40.1. The van der Waals surface area contributed by atoms with Crippen molar-refractivity contribution in [3.05, 3.63) is 28.0 Å². The van der Waals surface area contributed by atoms with E-state index < -0.39 is 29.5 Å². The Labute approximate surface area is 81.3 Å². The lowest BCUT2D eigenvalue weighted by Gasteiger charge is -2.12. The van der Waals surface area contributed by atoms with Gasteiger partial charge in [0.1, 0.15) is 10.7 Å². The molecule has 1 atom stereocenters. The molecule has 0 saturated carbocycles. The molecule has 1 N–H and O–H groups in total. The number of hydrogen-bond donors (Lipinski definition) is 1. The molecule has 0 aliphatic rings. The zero-order valence-electron chi connectivity index (χ0n) is 7.19. The van der Waals surface area contributed by atoms with Gasteiger partial charge in [-0.2, -0.15) is 13.2 Å². The predicted octanol–water partition coefficient (Wildman–Crippen LogP) is 1.65. The highest BCUT2D eigenvalue weighted by Gasteiger charge is 2.38. The number of nitro groups is 1. The minimum absolute atomic E-state index is 0.286. The largest absolute Gasteiger partial charge is 0.433 e. The summed E-state index contributed by atoms with van der Waals surface area (Å²) in [5, 5.41) is 18.8. The van der Waals surface area contributed by atoms with Gasteiger partial charge in [-0.25, -0.2) is 0 Å². The van der Waals surface area contributed by atoms with E-state index in [0.29, 0.717) is 0 Å². The third kappa shape index (κ3) is 2.94. The van der Waals surface area contributed by atoms with Gasteiger partial charge in [0.2, 0.25) is 0 Å². The van der Waals surface area contributed by atoms with E-state index >= 15 is 0 Å². The van der Waals surface area contributed by atoms with Crippen LogP contribution >= 0.6 is 0 Å². The fourth-order valence-electron chi connectivity index (χ4n) is 0.881. The summed E-state index contributed by atoms with van der Waals surface area (Å²) in [5.41, 5.74) is 0. The van der Waals surface area contributed by atoms with E-state index in [9.17, 15) is 23.3 Å². The molecule has 1 aromatic rings. The summed E-state index contributed by atoms with van der Waals surface area (Å²) in [6.45, 7) is 0. The number of aliphatic hydroxyl groups excluding tert-OH is 1. The Bertz CT molecular complexity index is 359. The Morgan fingerprint density at radius 1 is 1.53 bits per heavy atom. The van der Waals surface area contributed by atoms with Crippen molar-refractivity contribution < 1.29 is 27.6 Å². The second-order valence-corrected chi connectivity index (χ2v) is 2.76. The molecule has 0 aliphatic carbocycles. The van der Waals surface area contributed by atoms with Crippen molar-refractivity contribution in [3.63, 3.8) is 0 Å². The molecule has 0 radical (unpaired) electrons. The smallest absolute Gasteiger partial charge is 0.406 e. The minimum Gasteiger partial charge on any atom is -0.406 e. The molecular weight excluding hydrogens is 219 g/mol. The Hall–Kier alpha value is -1.57. The lowest BCUT2D eigenvalue weighted by atomic mass is 10.2. The topological polar surface area (TPSA) is 76.5 Å². The molecule has 0 aliphatic heterocycles. The summed E-state index contributed by atoms with van der Waals surface area (Å²) in [7, 11) is 0. The van der Waals surface area contributed by atoms with Gasteiger partial charge >= 0.3 is 12.1 Å².